The van der Waals surface area contributed by atoms with Crippen molar-refractivity contribution in [3.05, 3.63) is 0 Å². The molecule has 0 aliphatic carbocycles. The van der Waals surface area contributed by atoms with Gasteiger partial charge in [-0.15, -0.1) is 0 Å². The van der Waals surface area contributed by atoms with Gasteiger partial charge in [-0.05, 0) is 0 Å². The van der Waals surface area contributed by atoms with Crippen molar-refractivity contribution in [2.75, 3.05) is 0 Å². The van der Waals surface area contributed by atoms with E-state index in [4.69, 9.17) is 9.11 Å². The third-order valence-electron chi connectivity index (χ3n) is 0. The van der Waals surface area contributed by atoms with Crippen LogP contribution in [0.3, 0.4) is 0 Å². The van der Waals surface area contributed by atoms with Crippen molar-refractivity contribution < 1.29 is 9.11 Å². The van der Waals surface area contributed by atoms with Crippen molar-refractivity contribution in [2.24, 2.45) is 0 Å². The molecule has 0 aromatic heterocycles. The molecule has 0 aromatic rings. The van der Waals surface area contributed by atoms with Gasteiger partial charge >= 0.3 is 0 Å². The van der Waals surface area contributed by atoms with E-state index in [1.807, 2.05) is 0 Å². The van der Waals surface area contributed by atoms with Gasteiger partial charge in [-0.2, -0.15) is 0 Å². The predicted octanol–water partition coefficient (Wildman–Crippen LogP) is 0.285. The fraction of sp³-hybridized carbons (Fsp3) is 0. The monoisotopic (exact) mass is 105 g/mol. The second-order valence-corrected chi connectivity index (χ2v) is 0.245. The molecule has 0 aromatic carbocycles. The minimum absolute atomic E-state index is 0. The molecule has 0 aliphatic rings. The van der Waals surface area contributed by atoms with Gasteiger partial charge < -0.3 is 9.11 Å². The van der Waals surface area contributed by atoms with E-state index in [-0.39, 0.29) is 63.7 Å². The van der Waals surface area contributed by atoms with Crippen LogP contribution in [-0.2, 0) is 0 Å². The van der Waals surface area contributed by atoms with Crippen LogP contribution in [0.5, 0.6) is 0 Å². The maximum absolute atomic E-state index is 7.04. The largest absolute Gasteiger partial charge is 0.307 e. The summed E-state index contributed by atoms with van der Waals surface area (Å²) < 4.78 is 14.1. The van der Waals surface area contributed by atoms with Crippen LogP contribution >= 0.6 is 12.3 Å². The predicted molar refractivity (Wildman–Crippen MR) is 18.6 cm³/mol. The first kappa shape index (κ1) is 9.32. The van der Waals surface area contributed by atoms with Gasteiger partial charge in [0, 0.05) is 51.4 Å². The summed E-state index contributed by atoms with van der Waals surface area (Å²) >= 11 is -0.250. The Balaban J connectivity index is 0. The molecule has 0 atom stereocenters. The molecule has 0 rings (SSSR count). The van der Waals surface area contributed by atoms with Crippen LogP contribution in [0.1, 0.15) is 0 Å². The zero-order valence-electron chi connectivity index (χ0n) is 2.30. The smallest absolute Gasteiger partial charge is 0.152 e. The van der Waals surface area contributed by atoms with Crippen molar-refractivity contribution in [3.63, 3.8) is 0 Å². The average Bonchev–Trinajstić information content (AvgIpc) is 0.918. The molecule has 0 spiro atoms. The molecular weight excluding hydrogens is 103 g/mol. The Morgan fingerprint density at radius 1 is 1.25 bits per heavy atom. The van der Waals surface area contributed by atoms with Crippen molar-refractivity contribution in [2.45, 2.75) is 0 Å². The standard InChI is InChI=1S/K.H2O2S/c;1-3-2/h;1-2H. The quantitative estimate of drug-likeness (QED) is 0.343. The van der Waals surface area contributed by atoms with Crippen LogP contribution in [0, 0.1) is 0 Å². The Bertz CT molecular complexity index is 6.00. The minimum Gasteiger partial charge on any atom is -0.307 e. The Morgan fingerprint density at radius 2 is 1.25 bits per heavy atom. The second-order valence-electron chi connectivity index (χ2n) is 0.0816. The van der Waals surface area contributed by atoms with E-state index in [2.05, 4.69) is 0 Å². The van der Waals surface area contributed by atoms with E-state index >= 15 is 0 Å². The fourth-order valence-corrected chi connectivity index (χ4v) is 0. The molecule has 0 amide bonds. The normalized spacial score (nSPS) is 4.50. The van der Waals surface area contributed by atoms with Crippen LogP contribution < -0.4 is 0 Å². The van der Waals surface area contributed by atoms with Gasteiger partial charge in [-0.1, -0.05) is 0 Å². The molecule has 2 N–H and O–H groups in total. The molecule has 0 saturated carbocycles. The number of hydrogen-bond acceptors (Lipinski definition) is 3. The van der Waals surface area contributed by atoms with Gasteiger partial charge in [0.2, 0.25) is 0 Å². The third kappa shape index (κ3) is 9.08. The summed E-state index contributed by atoms with van der Waals surface area (Å²) in [5.41, 5.74) is 0. The molecule has 21 valence electrons. The summed E-state index contributed by atoms with van der Waals surface area (Å²) in [6.07, 6.45) is 0. The molecule has 1 radical (unpaired) electrons. The van der Waals surface area contributed by atoms with E-state index in [1.165, 1.54) is 0 Å². The summed E-state index contributed by atoms with van der Waals surface area (Å²) in [5, 5.41) is 0. The van der Waals surface area contributed by atoms with E-state index < -0.39 is 0 Å². The first-order valence-electron chi connectivity index (χ1n) is 0.365. The van der Waals surface area contributed by atoms with Crippen LogP contribution in [0.15, 0.2) is 0 Å². The minimum atomic E-state index is -0.250. The summed E-state index contributed by atoms with van der Waals surface area (Å²) in [6.45, 7) is 0. The molecule has 4 heteroatoms. The van der Waals surface area contributed by atoms with Crippen molar-refractivity contribution in [1.82, 2.24) is 0 Å². The van der Waals surface area contributed by atoms with Crippen molar-refractivity contribution in [1.29, 1.82) is 0 Å². The number of rotatable bonds is 0. The zero-order chi connectivity index (χ0) is 2.71. The van der Waals surface area contributed by atoms with E-state index in [0.717, 1.165) is 0 Å². The molecule has 0 aliphatic heterocycles. The molecule has 4 heavy (non-hydrogen) atoms. The molecule has 0 saturated heterocycles. The van der Waals surface area contributed by atoms with Crippen LogP contribution in [0.4, 0.5) is 0 Å². The van der Waals surface area contributed by atoms with E-state index in [1.54, 1.807) is 0 Å². The van der Waals surface area contributed by atoms with Crippen LogP contribution in [-0.4, -0.2) is 60.5 Å². The topological polar surface area (TPSA) is 40.5 Å². The van der Waals surface area contributed by atoms with E-state index in [0.29, 0.717) is 0 Å². The molecule has 0 unspecified atom stereocenters. The van der Waals surface area contributed by atoms with Gasteiger partial charge in [0.15, 0.2) is 12.3 Å². The Kier molecular flexibility index (Phi) is 20.6. The third-order valence-corrected chi connectivity index (χ3v) is 0. The maximum Gasteiger partial charge on any atom is 0.152 e. The molecule has 2 nitrogen and oxygen atoms in total. The fourth-order valence-electron chi connectivity index (χ4n) is 0. The first-order valence-corrected chi connectivity index (χ1v) is 1.10. The summed E-state index contributed by atoms with van der Waals surface area (Å²) in [4.78, 5) is 0. The Hall–Kier alpha value is 1.91. The van der Waals surface area contributed by atoms with Gasteiger partial charge in [-0.3, -0.25) is 0 Å². The zero-order valence-corrected chi connectivity index (χ0v) is 6.24. The van der Waals surface area contributed by atoms with Crippen LogP contribution in [0.25, 0.3) is 0 Å². The summed E-state index contributed by atoms with van der Waals surface area (Å²) in [5.74, 6) is 0. The van der Waals surface area contributed by atoms with Crippen molar-refractivity contribution >= 4 is 63.7 Å². The molecule has 0 heterocycles. The number of hydrogen-bond donors (Lipinski definition) is 2. The molecule has 0 fully saturated rings. The molecule has 0 bridgehead atoms. The van der Waals surface area contributed by atoms with Gasteiger partial charge in [-0.25, -0.2) is 0 Å². The van der Waals surface area contributed by atoms with E-state index in [9.17, 15) is 0 Å². The SMILES string of the molecule is OSO.[K]. The summed E-state index contributed by atoms with van der Waals surface area (Å²) in [6, 6.07) is 0. The average molecular weight is 105 g/mol. The Morgan fingerprint density at radius 3 is 1.25 bits per heavy atom. The van der Waals surface area contributed by atoms with Crippen molar-refractivity contribution in [3.8, 4) is 0 Å². The first-order chi connectivity index (χ1) is 1.41. The van der Waals surface area contributed by atoms with Gasteiger partial charge in [0.1, 0.15) is 0 Å². The molecular formula is H2KO2S. The van der Waals surface area contributed by atoms with Gasteiger partial charge in [0.05, 0.1) is 0 Å². The maximum atomic E-state index is 7.04. The van der Waals surface area contributed by atoms with Gasteiger partial charge in [0.25, 0.3) is 0 Å². The second kappa shape index (κ2) is 8.86. The summed E-state index contributed by atoms with van der Waals surface area (Å²) in [7, 11) is 0. The Labute approximate surface area is 71.4 Å². The van der Waals surface area contributed by atoms with Crippen LogP contribution in [0.2, 0.25) is 0 Å².